The summed E-state index contributed by atoms with van der Waals surface area (Å²) in [7, 11) is 0. The molecule has 0 saturated heterocycles. The first kappa shape index (κ1) is 54.7. The summed E-state index contributed by atoms with van der Waals surface area (Å²) in [5, 5.41) is 8.87. The van der Waals surface area contributed by atoms with Crippen LogP contribution < -0.4 is 0 Å². The standard InChI is InChI=1S/C52H100O4/c1-3-5-7-9-11-13-15-17-19-20-21-22-23-24-25-26-28-30-32-34-36-41-45-49-52(55)56-50(47-43-39-37-40-44-48-51(53)54)46-42-38-35-33-31-29-27-18-16-14-12-10-8-6-4-2/h29,31,50H,3-28,30,32-49H2,1-2H3,(H,53,54)/b31-29-. The van der Waals surface area contributed by atoms with E-state index in [0.29, 0.717) is 6.42 Å². The minimum atomic E-state index is -0.697. The van der Waals surface area contributed by atoms with Crippen LogP contribution in [0.5, 0.6) is 0 Å². The number of carbonyl (C=O) groups excluding carboxylic acids is 1. The van der Waals surface area contributed by atoms with Gasteiger partial charge in [0.05, 0.1) is 0 Å². The van der Waals surface area contributed by atoms with E-state index in [1.165, 1.54) is 205 Å². The Morgan fingerprint density at radius 1 is 0.375 bits per heavy atom. The number of unbranched alkanes of at least 4 members (excludes halogenated alkanes) is 37. The van der Waals surface area contributed by atoms with Crippen LogP contribution in [-0.4, -0.2) is 23.1 Å². The number of allylic oxidation sites excluding steroid dienone is 2. The van der Waals surface area contributed by atoms with Gasteiger partial charge in [-0.1, -0.05) is 238 Å². The summed E-state index contributed by atoms with van der Waals surface area (Å²) in [6, 6.07) is 0. The first-order chi connectivity index (χ1) is 27.6. The fourth-order valence-corrected chi connectivity index (χ4v) is 8.18. The largest absolute Gasteiger partial charge is 0.481 e. The minimum Gasteiger partial charge on any atom is -0.481 e. The van der Waals surface area contributed by atoms with Crippen molar-refractivity contribution in [1.29, 1.82) is 0 Å². The van der Waals surface area contributed by atoms with Gasteiger partial charge in [0.15, 0.2) is 0 Å². The van der Waals surface area contributed by atoms with Gasteiger partial charge in [-0.25, -0.2) is 0 Å². The number of hydrogen-bond acceptors (Lipinski definition) is 3. The van der Waals surface area contributed by atoms with Gasteiger partial charge in [0.25, 0.3) is 0 Å². The van der Waals surface area contributed by atoms with Crippen LogP contribution in [0.1, 0.15) is 303 Å². The molecule has 0 aromatic carbocycles. The molecule has 0 rings (SSSR count). The van der Waals surface area contributed by atoms with Crippen molar-refractivity contribution in [2.45, 2.75) is 309 Å². The lowest BCUT2D eigenvalue weighted by Crippen LogP contribution is -2.18. The van der Waals surface area contributed by atoms with Crippen molar-refractivity contribution in [3.63, 3.8) is 0 Å². The van der Waals surface area contributed by atoms with Gasteiger partial charge < -0.3 is 9.84 Å². The molecule has 0 saturated carbocycles. The predicted octanol–water partition coefficient (Wildman–Crippen LogP) is 18.1. The van der Waals surface area contributed by atoms with Gasteiger partial charge in [-0.05, 0) is 64.2 Å². The number of ether oxygens (including phenoxy) is 1. The number of hydrogen-bond donors (Lipinski definition) is 1. The van der Waals surface area contributed by atoms with Gasteiger partial charge in [0, 0.05) is 12.8 Å². The number of carboxylic acids is 1. The van der Waals surface area contributed by atoms with E-state index < -0.39 is 5.97 Å². The Hall–Kier alpha value is -1.32. The molecule has 1 unspecified atom stereocenters. The average Bonchev–Trinajstić information content (AvgIpc) is 3.19. The molecular weight excluding hydrogens is 689 g/mol. The van der Waals surface area contributed by atoms with Crippen molar-refractivity contribution in [2.75, 3.05) is 0 Å². The molecule has 0 radical (unpaired) electrons. The summed E-state index contributed by atoms with van der Waals surface area (Å²) in [5.74, 6) is -0.694. The second kappa shape index (κ2) is 48.1. The van der Waals surface area contributed by atoms with E-state index in [1.54, 1.807) is 0 Å². The van der Waals surface area contributed by atoms with Crippen molar-refractivity contribution in [1.82, 2.24) is 0 Å². The highest BCUT2D eigenvalue weighted by Gasteiger charge is 2.14. The van der Waals surface area contributed by atoms with E-state index in [-0.39, 0.29) is 18.5 Å². The average molecular weight is 789 g/mol. The number of carboxylic acid groups (broad SMARTS) is 1. The third-order valence-electron chi connectivity index (χ3n) is 12.0. The second-order valence-corrected chi connectivity index (χ2v) is 17.7. The molecule has 1 atom stereocenters. The molecule has 0 aliphatic carbocycles. The normalized spacial score (nSPS) is 12.2. The summed E-state index contributed by atoms with van der Waals surface area (Å²) >= 11 is 0. The maximum atomic E-state index is 12.8. The van der Waals surface area contributed by atoms with E-state index in [4.69, 9.17) is 9.84 Å². The van der Waals surface area contributed by atoms with Crippen molar-refractivity contribution in [3.8, 4) is 0 Å². The zero-order valence-electron chi connectivity index (χ0n) is 38.2. The summed E-state index contributed by atoms with van der Waals surface area (Å²) < 4.78 is 6.05. The van der Waals surface area contributed by atoms with Gasteiger partial charge in [-0.2, -0.15) is 0 Å². The molecule has 0 bridgehead atoms. The Balaban J connectivity index is 3.87. The molecule has 56 heavy (non-hydrogen) atoms. The van der Waals surface area contributed by atoms with Crippen LogP contribution in [0, 0.1) is 0 Å². The summed E-state index contributed by atoms with van der Waals surface area (Å²) in [5.41, 5.74) is 0. The maximum absolute atomic E-state index is 12.8. The maximum Gasteiger partial charge on any atom is 0.306 e. The molecule has 0 aliphatic heterocycles. The van der Waals surface area contributed by atoms with Gasteiger partial charge in [-0.3, -0.25) is 9.59 Å². The van der Waals surface area contributed by atoms with Crippen LogP contribution in [-0.2, 0) is 14.3 Å². The highest BCUT2D eigenvalue weighted by Crippen LogP contribution is 2.19. The Bertz CT molecular complexity index is 807. The smallest absolute Gasteiger partial charge is 0.306 e. The SMILES string of the molecule is CCCCCCCCCC/C=C\CCCCCC(CCCCCCCC(=O)O)OC(=O)CCCCCCCCCCCCCCCCCCCCCCCCC. The van der Waals surface area contributed by atoms with Crippen LogP contribution in [0.4, 0.5) is 0 Å². The number of rotatable bonds is 48. The Morgan fingerprint density at radius 2 is 0.643 bits per heavy atom. The van der Waals surface area contributed by atoms with Gasteiger partial charge in [0.2, 0.25) is 0 Å². The Kier molecular flexibility index (Phi) is 46.9. The number of aliphatic carboxylic acids is 1. The molecule has 0 aromatic rings. The minimum absolute atomic E-state index is 0.00356. The zero-order chi connectivity index (χ0) is 40.7. The summed E-state index contributed by atoms with van der Waals surface area (Å²) in [6.45, 7) is 4.58. The lowest BCUT2D eigenvalue weighted by molar-refractivity contribution is -0.150. The van der Waals surface area contributed by atoms with Crippen molar-refractivity contribution in [3.05, 3.63) is 12.2 Å². The monoisotopic (exact) mass is 789 g/mol. The quantitative estimate of drug-likeness (QED) is 0.0379. The Labute approximate surface area is 351 Å². The highest BCUT2D eigenvalue weighted by atomic mass is 16.5. The van der Waals surface area contributed by atoms with E-state index >= 15 is 0 Å². The summed E-state index contributed by atoms with van der Waals surface area (Å²) in [4.78, 5) is 23.6. The summed E-state index contributed by atoms with van der Waals surface area (Å²) in [6.07, 6.45) is 61.3. The number of carbonyl (C=O) groups is 2. The van der Waals surface area contributed by atoms with E-state index in [0.717, 1.165) is 70.6 Å². The van der Waals surface area contributed by atoms with E-state index in [2.05, 4.69) is 26.0 Å². The van der Waals surface area contributed by atoms with Crippen LogP contribution in [0.15, 0.2) is 12.2 Å². The first-order valence-corrected chi connectivity index (χ1v) is 25.7. The fourth-order valence-electron chi connectivity index (χ4n) is 8.18. The number of esters is 1. The lowest BCUT2D eigenvalue weighted by atomic mass is 10.0. The van der Waals surface area contributed by atoms with Gasteiger partial charge in [0.1, 0.15) is 6.10 Å². The van der Waals surface area contributed by atoms with Crippen LogP contribution in [0.25, 0.3) is 0 Å². The van der Waals surface area contributed by atoms with E-state index in [9.17, 15) is 9.59 Å². The molecule has 0 spiro atoms. The molecule has 0 aromatic heterocycles. The molecule has 4 nitrogen and oxygen atoms in total. The fraction of sp³-hybridized carbons (Fsp3) is 0.923. The third kappa shape index (κ3) is 47.1. The zero-order valence-corrected chi connectivity index (χ0v) is 38.2. The molecule has 0 aliphatic rings. The molecule has 4 heteroatoms. The molecule has 0 fully saturated rings. The third-order valence-corrected chi connectivity index (χ3v) is 12.0. The van der Waals surface area contributed by atoms with Crippen molar-refractivity contribution in [2.24, 2.45) is 0 Å². The van der Waals surface area contributed by atoms with Crippen LogP contribution in [0.3, 0.4) is 0 Å². The Morgan fingerprint density at radius 3 is 0.982 bits per heavy atom. The van der Waals surface area contributed by atoms with Crippen LogP contribution in [0.2, 0.25) is 0 Å². The topological polar surface area (TPSA) is 63.6 Å². The van der Waals surface area contributed by atoms with Gasteiger partial charge in [-0.15, -0.1) is 0 Å². The van der Waals surface area contributed by atoms with Crippen LogP contribution >= 0.6 is 0 Å². The molecule has 0 amide bonds. The van der Waals surface area contributed by atoms with Gasteiger partial charge >= 0.3 is 11.9 Å². The van der Waals surface area contributed by atoms with Crippen molar-refractivity contribution >= 4 is 11.9 Å². The molecule has 332 valence electrons. The molecule has 1 N–H and O–H groups in total. The molecular formula is C52H100O4. The second-order valence-electron chi connectivity index (χ2n) is 17.7. The predicted molar refractivity (Wildman–Crippen MR) is 246 cm³/mol. The first-order valence-electron chi connectivity index (χ1n) is 25.7. The molecule has 0 heterocycles. The van der Waals surface area contributed by atoms with E-state index in [1.807, 2.05) is 0 Å². The lowest BCUT2D eigenvalue weighted by Gasteiger charge is -2.18. The highest BCUT2D eigenvalue weighted by molar-refractivity contribution is 5.69. The van der Waals surface area contributed by atoms with Crippen molar-refractivity contribution < 1.29 is 19.4 Å².